The lowest BCUT2D eigenvalue weighted by atomic mass is 10.1. The van der Waals surface area contributed by atoms with E-state index in [4.69, 9.17) is 4.74 Å². The van der Waals surface area contributed by atoms with Crippen LogP contribution in [0.3, 0.4) is 0 Å². The molecule has 2 rings (SSSR count). The third-order valence-corrected chi connectivity index (χ3v) is 3.52. The molecule has 0 aliphatic heterocycles. The van der Waals surface area contributed by atoms with Gasteiger partial charge in [0.25, 0.3) is 0 Å². The Bertz CT molecular complexity index is 676. The van der Waals surface area contributed by atoms with Gasteiger partial charge in [-0.15, -0.1) is 0 Å². The molecule has 0 unspecified atom stereocenters. The van der Waals surface area contributed by atoms with Crippen LogP contribution in [0.5, 0.6) is 5.75 Å². The molecule has 0 aliphatic rings. The zero-order valence-electron chi connectivity index (χ0n) is 14.0. The molecule has 1 atom stereocenters. The van der Waals surface area contributed by atoms with Crippen molar-refractivity contribution in [1.29, 1.82) is 0 Å². The fourth-order valence-corrected chi connectivity index (χ4v) is 2.10. The molecule has 2 aromatic rings. The molecular formula is C18H21F3N2O2. The number of alkyl halides is 3. The minimum absolute atomic E-state index is 0.0258. The number of β-amino-alcohol motifs (C(OH)–C–C–N with tert-alkyl or cyclic N) is 1. The van der Waals surface area contributed by atoms with Gasteiger partial charge in [0.1, 0.15) is 24.2 Å². The minimum Gasteiger partial charge on any atom is -0.492 e. The summed E-state index contributed by atoms with van der Waals surface area (Å²) >= 11 is 0. The molecule has 1 heterocycles. The lowest BCUT2D eigenvalue weighted by molar-refractivity contribution is -0.141. The predicted octanol–water partition coefficient (Wildman–Crippen LogP) is 3.58. The molecule has 0 saturated heterocycles. The number of aliphatic hydroxyl groups excluding tert-OH is 1. The Balaban J connectivity index is 1.91. The number of benzene rings is 1. The lowest BCUT2D eigenvalue weighted by Crippen LogP contribution is -2.46. The van der Waals surface area contributed by atoms with Crippen LogP contribution in [0.15, 0.2) is 48.5 Å². The predicted molar refractivity (Wildman–Crippen MR) is 88.2 cm³/mol. The Morgan fingerprint density at radius 1 is 1.08 bits per heavy atom. The third-order valence-electron chi connectivity index (χ3n) is 3.52. The summed E-state index contributed by atoms with van der Waals surface area (Å²) in [6.07, 6.45) is -5.69. The number of pyridine rings is 1. The average molecular weight is 354 g/mol. The molecule has 2 N–H and O–H groups in total. The number of hydrogen-bond donors (Lipinski definition) is 2. The quantitative estimate of drug-likeness (QED) is 0.798. The molecule has 0 radical (unpaired) electrons. The van der Waals surface area contributed by atoms with Crippen molar-refractivity contribution in [3.05, 3.63) is 59.9 Å². The normalized spacial score (nSPS) is 13.5. The summed E-state index contributed by atoms with van der Waals surface area (Å²) in [4.78, 5) is 3.49. The third kappa shape index (κ3) is 6.03. The summed E-state index contributed by atoms with van der Waals surface area (Å²) in [5.41, 5.74) is -1.53. The van der Waals surface area contributed by atoms with Crippen molar-refractivity contribution >= 4 is 0 Å². The highest BCUT2D eigenvalue weighted by molar-refractivity contribution is 5.21. The van der Waals surface area contributed by atoms with Crippen molar-refractivity contribution in [1.82, 2.24) is 10.3 Å². The summed E-state index contributed by atoms with van der Waals surface area (Å²) in [6.45, 7) is 4.14. The number of para-hydroxylation sites is 1. The first-order chi connectivity index (χ1) is 11.7. The van der Waals surface area contributed by atoms with Gasteiger partial charge in [-0.2, -0.15) is 13.2 Å². The second-order valence-electron chi connectivity index (χ2n) is 6.33. The van der Waals surface area contributed by atoms with Crippen LogP contribution in [0, 0.1) is 0 Å². The SMILES string of the molecule is CC(C)(COc1ccccc1)NC[C@H](O)c1cccc(C(F)(F)F)n1. The highest BCUT2D eigenvalue weighted by Crippen LogP contribution is 2.28. The van der Waals surface area contributed by atoms with E-state index in [-0.39, 0.29) is 12.2 Å². The van der Waals surface area contributed by atoms with E-state index < -0.39 is 23.5 Å². The number of aliphatic hydroxyl groups is 1. The first kappa shape index (κ1) is 19.2. The molecule has 1 aromatic carbocycles. The molecule has 0 bridgehead atoms. The summed E-state index contributed by atoms with van der Waals surface area (Å²) in [6, 6.07) is 12.7. The second-order valence-corrected chi connectivity index (χ2v) is 6.33. The first-order valence-corrected chi connectivity index (χ1v) is 7.82. The molecular weight excluding hydrogens is 333 g/mol. The van der Waals surface area contributed by atoms with Gasteiger partial charge in [-0.3, -0.25) is 0 Å². The van der Waals surface area contributed by atoms with E-state index in [0.717, 1.165) is 11.8 Å². The highest BCUT2D eigenvalue weighted by Gasteiger charge is 2.33. The zero-order valence-corrected chi connectivity index (χ0v) is 14.0. The van der Waals surface area contributed by atoms with Crippen molar-refractivity contribution in [2.45, 2.75) is 31.7 Å². The van der Waals surface area contributed by atoms with Crippen LogP contribution in [0.25, 0.3) is 0 Å². The van der Waals surface area contributed by atoms with Crippen LogP contribution in [-0.4, -0.2) is 28.8 Å². The van der Waals surface area contributed by atoms with E-state index in [1.54, 1.807) is 0 Å². The maximum Gasteiger partial charge on any atom is 0.433 e. The highest BCUT2D eigenvalue weighted by atomic mass is 19.4. The van der Waals surface area contributed by atoms with E-state index in [9.17, 15) is 18.3 Å². The number of nitrogens with zero attached hydrogens (tertiary/aromatic N) is 1. The van der Waals surface area contributed by atoms with Crippen LogP contribution < -0.4 is 10.1 Å². The Labute approximate surface area is 144 Å². The van der Waals surface area contributed by atoms with Gasteiger partial charge < -0.3 is 15.2 Å². The molecule has 1 aromatic heterocycles. The van der Waals surface area contributed by atoms with Crippen molar-refractivity contribution in [3.63, 3.8) is 0 Å². The van der Waals surface area contributed by atoms with Crippen molar-refractivity contribution in [2.75, 3.05) is 13.2 Å². The van der Waals surface area contributed by atoms with Gasteiger partial charge in [0.05, 0.1) is 5.69 Å². The van der Waals surface area contributed by atoms with Gasteiger partial charge in [-0.1, -0.05) is 24.3 Å². The van der Waals surface area contributed by atoms with E-state index in [2.05, 4.69) is 10.3 Å². The molecule has 25 heavy (non-hydrogen) atoms. The van der Waals surface area contributed by atoms with Gasteiger partial charge in [-0.25, -0.2) is 4.98 Å². The van der Waals surface area contributed by atoms with Crippen LogP contribution in [0.2, 0.25) is 0 Å². The smallest absolute Gasteiger partial charge is 0.433 e. The fraction of sp³-hybridized carbons (Fsp3) is 0.389. The van der Waals surface area contributed by atoms with Crippen LogP contribution >= 0.6 is 0 Å². The van der Waals surface area contributed by atoms with Gasteiger partial charge >= 0.3 is 6.18 Å². The molecule has 4 nitrogen and oxygen atoms in total. The second kappa shape index (κ2) is 7.84. The van der Waals surface area contributed by atoms with Crippen LogP contribution in [0.4, 0.5) is 13.2 Å². The fourth-order valence-electron chi connectivity index (χ4n) is 2.10. The van der Waals surface area contributed by atoms with Crippen molar-refractivity contribution in [2.24, 2.45) is 0 Å². The average Bonchev–Trinajstić information content (AvgIpc) is 2.58. The van der Waals surface area contributed by atoms with E-state index in [1.807, 2.05) is 44.2 Å². The Kier molecular flexibility index (Phi) is 6.02. The summed E-state index contributed by atoms with van der Waals surface area (Å²) < 4.78 is 43.7. The van der Waals surface area contributed by atoms with E-state index in [1.165, 1.54) is 12.1 Å². The number of halogens is 3. The van der Waals surface area contributed by atoms with Gasteiger partial charge in [-0.05, 0) is 38.1 Å². The molecule has 7 heteroatoms. The number of ether oxygens (including phenoxy) is 1. The molecule has 0 saturated carbocycles. The van der Waals surface area contributed by atoms with Crippen LogP contribution in [-0.2, 0) is 6.18 Å². The summed E-state index contributed by atoms with van der Waals surface area (Å²) in [5, 5.41) is 13.2. The monoisotopic (exact) mass is 354 g/mol. The standard InChI is InChI=1S/C18H21F3N2O2/c1-17(2,12-25-13-7-4-3-5-8-13)22-11-15(24)14-9-6-10-16(23-14)18(19,20)21/h3-10,15,22,24H,11-12H2,1-2H3/t15-/m0/s1. The molecule has 0 spiro atoms. The van der Waals surface area contributed by atoms with Gasteiger partial charge in [0.15, 0.2) is 0 Å². The Morgan fingerprint density at radius 3 is 2.40 bits per heavy atom. The Morgan fingerprint density at radius 2 is 1.76 bits per heavy atom. The Hall–Kier alpha value is -2.12. The maximum absolute atomic E-state index is 12.7. The number of nitrogens with one attached hydrogen (secondary N) is 1. The van der Waals surface area contributed by atoms with Crippen molar-refractivity contribution in [3.8, 4) is 5.75 Å². The lowest BCUT2D eigenvalue weighted by Gasteiger charge is -2.27. The molecule has 0 fully saturated rings. The molecule has 0 aliphatic carbocycles. The maximum atomic E-state index is 12.7. The largest absolute Gasteiger partial charge is 0.492 e. The minimum atomic E-state index is -4.54. The van der Waals surface area contributed by atoms with E-state index in [0.29, 0.717) is 6.61 Å². The topological polar surface area (TPSA) is 54.4 Å². The zero-order chi connectivity index (χ0) is 18.5. The first-order valence-electron chi connectivity index (χ1n) is 7.82. The van der Waals surface area contributed by atoms with Gasteiger partial charge in [0.2, 0.25) is 0 Å². The number of hydrogen-bond acceptors (Lipinski definition) is 4. The number of rotatable bonds is 7. The molecule has 136 valence electrons. The summed E-state index contributed by atoms with van der Waals surface area (Å²) in [5.74, 6) is 0.720. The van der Waals surface area contributed by atoms with Gasteiger partial charge in [0, 0.05) is 12.1 Å². The summed E-state index contributed by atoms with van der Waals surface area (Å²) in [7, 11) is 0. The van der Waals surface area contributed by atoms with E-state index >= 15 is 0 Å². The van der Waals surface area contributed by atoms with Crippen LogP contribution in [0.1, 0.15) is 31.3 Å². The number of aromatic nitrogens is 1. The van der Waals surface area contributed by atoms with Crippen molar-refractivity contribution < 1.29 is 23.0 Å². The molecule has 0 amide bonds.